The van der Waals surface area contributed by atoms with Crippen molar-refractivity contribution in [3.8, 4) is 55.6 Å². The molecular formula is C58H47N. The Kier molecular flexibility index (Phi) is 8.12. The highest BCUT2D eigenvalue weighted by atomic mass is 15.1. The van der Waals surface area contributed by atoms with Crippen molar-refractivity contribution in [2.45, 2.75) is 37.5 Å². The Morgan fingerprint density at radius 2 is 0.814 bits per heavy atom. The van der Waals surface area contributed by atoms with E-state index in [-0.39, 0.29) is 5.41 Å². The maximum absolute atomic E-state index is 2.51. The first-order chi connectivity index (χ1) is 29.2. The lowest BCUT2D eigenvalue weighted by atomic mass is 9.43. The van der Waals surface area contributed by atoms with E-state index < -0.39 is 0 Å². The molecule has 59 heavy (non-hydrogen) atoms. The Balaban J connectivity index is 0.902. The van der Waals surface area contributed by atoms with Gasteiger partial charge in [0.05, 0.1) is 5.69 Å². The van der Waals surface area contributed by atoms with E-state index >= 15 is 0 Å². The average molecular weight is 758 g/mol. The summed E-state index contributed by atoms with van der Waals surface area (Å²) in [6.07, 6.45) is 7.13. The highest BCUT2D eigenvalue weighted by Crippen LogP contribution is 2.70. The minimum Gasteiger partial charge on any atom is -0.310 e. The van der Waals surface area contributed by atoms with Crippen LogP contribution in [0.5, 0.6) is 0 Å². The Morgan fingerprint density at radius 1 is 0.339 bits per heavy atom. The molecular weight excluding hydrogens is 711 g/mol. The van der Waals surface area contributed by atoms with Gasteiger partial charge < -0.3 is 4.90 Å². The highest BCUT2D eigenvalue weighted by Gasteiger charge is 2.61. The van der Waals surface area contributed by atoms with E-state index in [0.29, 0.717) is 0 Å². The maximum atomic E-state index is 2.51. The second kappa shape index (κ2) is 13.8. The fourth-order valence-electron chi connectivity index (χ4n) is 12.5. The standard InChI is InChI=1S/C58H47N/c1-4-13-41(14-5-1)46-29-32-56(53(38-46)44-15-6-2-7-16-44)59(49-17-8-3-9-18-49)50-30-27-43(28-31-50)42-23-25-45(26-24-42)51-20-12-22-55-57(51)52-19-10-11-21-54(52)58(55)47-34-39-33-40(36-47)37-48(58)35-39/h1-32,38-40,47-48H,33-37H2. The molecule has 5 aliphatic carbocycles. The molecule has 4 bridgehead atoms. The average Bonchev–Trinajstić information content (AvgIpc) is 3.60. The third kappa shape index (κ3) is 5.51. The van der Waals surface area contributed by atoms with E-state index in [1.54, 1.807) is 11.1 Å². The lowest BCUT2D eigenvalue weighted by molar-refractivity contribution is -0.0399. The van der Waals surface area contributed by atoms with E-state index in [9.17, 15) is 0 Å². The number of hydrogen-bond donors (Lipinski definition) is 0. The predicted molar refractivity (Wildman–Crippen MR) is 246 cm³/mol. The van der Waals surface area contributed by atoms with Crippen LogP contribution in [-0.2, 0) is 5.41 Å². The third-order valence-corrected chi connectivity index (χ3v) is 14.7. The molecule has 0 amide bonds. The summed E-state index contributed by atoms with van der Waals surface area (Å²) < 4.78 is 0. The zero-order valence-electron chi connectivity index (χ0n) is 33.3. The zero-order chi connectivity index (χ0) is 38.9. The van der Waals surface area contributed by atoms with Crippen LogP contribution in [0.15, 0.2) is 200 Å². The first-order valence-corrected chi connectivity index (χ1v) is 21.8. The molecule has 8 aromatic rings. The molecule has 0 N–H and O–H groups in total. The summed E-state index contributed by atoms with van der Waals surface area (Å²) >= 11 is 0. The van der Waals surface area contributed by atoms with E-state index in [0.717, 1.165) is 40.7 Å². The van der Waals surface area contributed by atoms with Crippen molar-refractivity contribution in [2.75, 3.05) is 4.90 Å². The zero-order valence-corrected chi connectivity index (χ0v) is 33.3. The Morgan fingerprint density at radius 3 is 1.49 bits per heavy atom. The number of para-hydroxylation sites is 1. The van der Waals surface area contributed by atoms with E-state index in [1.165, 1.54) is 87.7 Å². The first kappa shape index (κ1) is 34.6. The SMILES string of the molecule is c1ccc(-c2ccc(N(c3ccccc3)c3ccc(-c4ccc(-c5cccc6c5-c5ccccc5C65C6CC7CC(C6)CC5C7)cc4)cc3)c(-c3ccccc3)c2)cc1. The van der Waals surface area contributed by atoms with Crippen LogP contribution in [0.25, 0.3) is 55.6 Å². The predicted octanol–water partition coefficient (Wildman–Crippen LogP) is 15.5. The van der Waals surface area contributed by atoms with Gasteiger partial charge >= 0.3 is 0 Å². The molecule has 0 saturated heterocycles. The number of hydrogen-bond acceptors (Lipinski definition) is 1. The fraction of sp³-hybridized carbons (Fsp3) is 0.172. The van der Waals surface area contributed by atoms with Crippen LogP contribution >= 0.6 is 0 Å². The molecule has 284 valence electrons. The van der Waals surface area contributed by atoms with Gasteiger partial charge in [-0.3, -0.25) is 0 Å². The van der Waals surface area contributed by atoms with Crippen molar-refractivity contribution < 1.29 is 0 Å². The summed E-state index contributed by atoms with van der Waals surface area (Å²) in [5.41, 5.74) is 19.8. The lowest BCUT2D eigenvalue weighted by Gasteiger charge is -2.61. The molecule has 0 atom stereocenters. The summed E-state index contributed by atoms with van der Waals surface area (Å²) in [6.45, 7) is 0. The molecule has 1 nitrogen and oxygen atoms in total. The largest absolute Gasteiger partial charge is 0.310 e. The molecule has 0 aromatic heterocycles. The molecule has 5 aliphatic rings. The summed E-state index contributed by atoms with van der Waals surface area (Å²) in [5, 5.41) is 0. The van der Waals surface area contributed by atoms with Gasteiger partial charge in [0.1, 0.15) is 0 Å². The van der Waals surface area contributed by atoms with Crippen LogP contribution in [0.1, 0.15) is 43.2 Å². The van der Waals surface area contributed by atoms with Gasteiger partial charge in [-0.15, -0.1) is 0 Å². The second-order valence-electron chi connectivity index (χ2n) is 17.7. The Hall–Kier alpha value is -6.44. The number of nitrogens with zero attached hydrogens (tertiary/aromatic N) is 1. The molecule has 1 spiro atoms. The van der Waals surface area contributed by atoms with Gasteiger partial charge in [0.15, 0.2) is 0 Å². The highest BCUT2D eigenvalue weighted by molar-refractivity contribution is 5.94. The van der Waals surface area contributed by atoms with Crippen molar-refractivity contribution in [1.29, 1.82) is 0 Å². The smallest absolute Gasteiger partial charge is 0.0540 e. The third-order valence-electron chi connectivity index (χ3n) is 14.7. The van der Waals surface area contributed by atoms with Crippen LogP contribution in [0.2, 0.25) is 0 Å². The molecule has 0 aliphatic heterocycles. The monoisotopic (exact) mass is 757 g/mol. The van der Waals surface area contributed by atoms with Gasteiger partial charge in [0.25, 0.3) is 0 Å². The fourth-order valence-corrected chi connectivity index (χ4v) is 12.5. The Labute approximate surface area is 348 Å². The van der Waals surface area contributed by atoms with E-state index in [4.69, 9.17) is 0 Å². The van der Waals surface area contributed by atoms with Crippen LogP contribution < -0.4 is 4.90 Å². The molecule has 4 fully saturated rings. The second-order valence-corrected chi connectivity index (χ2v) is 17.7. The van der Waals surface area contributed by atoms with Gasteiger partial charge in [-0.1, -0.05) is 164 Å². The summed E-state index contributed by atoms with van der Waals surface area (Å²) in [6, 6.07) is 74.3. The van der Waals surface area contributed by atoms with Gasteiger partial charge in [-0.2, -0.15) is 0 Å². The Bertz CT molecular complexity index is 2770. The lowest BCUT2D eigenvalue weighted by Crippen LogP contribution is -2.55. The topological polar surface area (TPSA) is 3.24 Å². The van der Waals surface area contributed by atoms with E-state index in [1.807, 2.05) is 0 Å². The molecule has 8 aromatic carbocycles. The first-order valence-electron chi connectivity index (χ1n) is 21.8. The van der Waals surface area contributed by atoms with Gasteiger partial charge in [0, 0.05) is 22.4 Å². The normalized spacial score (nSPS) is 22.0. The molecule has 13 rings (SSSR count). The molecule has 1 heteroatoms. The number of fused-ring (bicyclic) bond motifs is 3. The number of benzene rings is 8. The van der Waals surface area contributed by atoms with Crippen molar-refractivity contribution in [3.05, 3.63) is 211 Å². The van der Waals surface area contributed by atoms with Gasteiger partial charge in [-0.25, -0.2) is 0 Å². The molecule has 0 radical (unpaired) electrons. The van der Waals surface area contributed by atoms with Crippen molar-refractivity contribution in [1.82, 2.24) is 0 Å². The van der Waals surface area contributed by atoms with Crippen molar-refractivity contribution in [3.63, 3.8) is 0 Å². The van der Waals surface area contributed by atoms with Crippen molar-refractivity contribution in [2.24, 2.45) is 23.7 Å². The number of anilines is 3. The summed E-state index contributed by atoms with van der Waals surface area (Å²) in [7, 11) is 0. The van der Waals surface area contributed by atoms with Crippen molar-refractivity contribution >= 4 is 17.1 Å². The minimum atomic E-state index is 0.191. The van der Waals surface area contributed by atoms with Gasteiger partial charge in [0.2, 0.25) is 0 Å². The van der Waals surface area contributed by atoms with Crippen LogP contribution in [-0.4, -0.2) is 0 Å². The minimum absolute atomic E-state index is 0.191. The number of rotatable bonds is 7. The van der Waals surface area contributed by atoms with E-state index in [2.05, 4.69) is 205 Å². The molecule has 0 unspecified atom stereocenters. The molecule has 4 saturated carbocycles. The summed E-state index contributed by atoms with van der Waals surface area (Å²) in [4.78, 5) is 2.40. The maximum Gasteiger partial charge on any atom is 0.0540 e. The van der Waals surface area contributed by atoms with Crippen LogP contribution in [0.4, 0.5) is 17.1 Å². The van der Waals surface area contributed by atoms with Gasteiger partial charge in [-0.05, 0) is 153 Å². The van der Waals surface area contributed by atoms with Crippen LogP contribution in [0.3, 0.4) is 0 Å². The quantitative estimate of drug-likeness (QED) is 0.156. The van der Waals surface area contributed by atoms with Crippen LogP contribution in [0, 0.1) is 23.7 Å². The molecule has 0 heterocycles. The summed E-state index contributed by atoms with van der Waals surface area (Å²) in [5.74, 6) is 3.45.